The van der Waals surface area contributed by atoms with Gasteiger partial charge in [-0.2, -0.15) is 0 Å². The fraction of sp³-hybridized carbons (Fsp3) is 0.364. The predicted molar refractivity (Wildman–Crippen MR) is 115 cm³/mol. The van der Waals surface area contributed by atoms with Gasteiger partial charge in [0.25, 0.3) is 5.91 Å². The molecular weight excluding hydrogens is 408 g/mol. The molecule has 2 aliphatic rings. The third-order valence-corrected chi connectivity index (χ3v) is 5.95. The van der Waals surface area contributed by atoms with Gasteiger partial charge in [0.1, 0.15) is 5.82 Å². The van der Waals surface area contributed by atoms with Crippen molar-refractivity contribution in [3.63, 3.8) is 0 Å². The van der Waals surface area contributed by atoms with E-state index in [4.69, 9.17) is 0 Å². The van der Waals surface area contributed by atoms with Crippen molar-refractivity contribution in [1.82, 2.24) is 35.8 Å². The summed E-state index contributed by atoms with van der Waals surface area (Å²) >= 11 is 0. The first-order chi connectivity index (χ1) is 15.6. The first-order valence-electron chi connectivity index (χ1n) is 10.7. The number of hydrogen-bond donors (Lipinski definition) is 3. The summed E-state index contributed by atoms with van der Waals surface area (Å²) in [6.45, 7) is 0.653. The Kier molecular flexibility index (Phi) is 5.26. The molecule has 2 amide bonds. The monoisotopic (exact) mass is 432 g/mol. The molecule has 0 radical (unpaired) electrons. The molecule has 164 valence electrons. The number of aromatic nitrogens is 5. The van der Waals surface area contributed by atoms with Crippen LogP contribution in [0.25, 0.3) is 0 Å². The molecule has 1 aliphatic carbocycles. The molecule has 1 aliphatic heterocycles. The van der Waals surface area contributed by atoms with Gasteiger partial charge in [0.2, 0.25) is 5.91 Å². The Morgan fingerprint density at radius 2 is 2.03 bits per heavy atom. The zero-order chi connectivity index (χ0) is 22.0. The average Bonchev–Trinajstić information content (AvgIpc) is 3.44. The van der Waals surface area contributed by atoms with Crippen LogP contribution in [0.2, 0.25) is 0 Å². The van der Waals surface area contributed by atoms with Crippen LogP contribution in [0.5, 0.6) is 0 Å². The summed E-state index contributed by atoms with van der Waals surface area (Å²) < 4.78 is 1.77. The molecule has 2 aromatic heterocycles. The number of nitrogens with zero attached hydrogens (tertiary/aromatic N) is 5. The van der Waals surface area contributed by atoms with Crippen LogP contribution in [-0.4, -0.2) is 43.6 Å². The molecule has 1 unspecified atom stereocenters. The molecule has 10 heteroatoms. The van der Waals surface area contributed by atoms with Crippen LogP contribution in [-0.2, 0) is 16.9 Å². The van der Waals surface area contributed by atoms with Gasteiger partial charge in [-0.05, 0) is 47.4 Å². The molecule has 3 aromatic rings. The van der Waals surface area contributed by atoms with Gasteiger partial charge in [0, 0.05) is 19.2 Å². The molecule has 5 rings (SSSR count). The largest absolute Gasteiger partial charge is 0.367 e. The molecule has 0 spiro atoms. The topological polar surface area (TPSA) is 127 Å². The van der Waals surface area contributed by atoms with Gasteiger partial charge in [-0.25, -0.2) is 9.67 Å². The van der Waals surface area contributed by atoms with Crippen molar-refractivity contribution in [2.75, 3.05) is 11.9 Å². The lowest BCUT2D eigenvalue weighted by molar-refractivity contribution is -0.119. The van der Waals surface area contributed by atoms with Crippen molar-refractivity contribution in [2.24, 2.45) is 0 Å². The minimum Gasteiger partial charge on any atom is -0.367 e. The second-order valence-electron chi connectivity index (χ2n) is 8.20. The van der Waals surface area contributed by atoms with Gasteiger partial charge in [0.15, 0.2) is 5.82 Å². The summed E-state index contributed by atoms with van der Waals surface area (Å²) in [7, 11) is 0. The first-order valence-corrected chi connectivity index (χ1v) is 10.7. The Balaban J connectivity index is 1.30. The van der Waals surface area contributed by atoms with Crippen LogP contribution in [0.15, 0.2) is 48.7 Å². The van der Waals surface area contributed by atoms with Crippen LogP contribution in [0.1, 0.15) is 53.5 Å². The molecular formula is C22H24N8O2. The first kappa shape index (κ1) is 20.1. The molecule has 1 aromatic carbocycles. The van der Waals surface area contributed by atoms with E-state index < -0.39 is 5.54 Å². The Morgan fingerprint density at radius 1 is 1.19 bits per heavy atom. The normalized spacial score (nSPS) is 20.1. The van der Waals surface area contributed by atoms with Crippen molar-refractivity contribution < 1.29 is 9.59 Å². The fourth-order valence-electron chi connectivity index (χ4n) is 4.08. The Hall–Kier alpha value is -3.82. The van der Waals surface area contributed by atoms with E-state index in [1.54, 1.807) is 23.0 Å². The number of pyridine rings is 1. The van der Waals surface area contributed by atoms with Crippen LogP contribution in [0.3, 0.4) is 0 Å². The van der Waals surface area contributed by atoms with Gasteiger partial charge < -0.3 is 16.0 Å². The Morgan fingerprint density at radius 3 is 2.78 bits per heavy atom. The summed E-state index contributed by atoms with van der Waals surface area (Å²) in [5.41, 5.74) is 0.897. The van der Waals surface area contributed by atoms with Crippen LogP contribution in [0, 0.1) is 0 Å². The van der Waals surface area contributed by atoms with Gasteiger partial charge in [0.05, 0.1) is 23.7 Å². The quantitative estimate of drug-likeness (QED) is 0.493. The van der Waals surface area contributed by atoms with Crippen LogP contribution >= 0.6 is 0 Å². The minimum atomic E-state index is -0.546. The molecule has 1 saturated heterocycles. The number of hydrogen-bond acceptors (Lipinski definition) is 7. The second-order valence-corrected chi connectivity index (χ2v) is 8.20. The maximum Gasteiger partial charge on any atom is 0.255 e. The summed E-state index contributed by atoms with van der Waals surface area (Å²) in [5.74, 6) is 0.845. The molecule has 3 heterocycles. The number of carbonyl (C=O) groups is 2. The van der Waals surface area contributed by atoms with E-state index in [-0.39, 0.29) is 18.4 Å². The SMILES string of the molecule is O=C1CCC(CNc2ncccc2C(=O)NCc2nnnn2C2CC2)(c2ccccc2)N1. The second kappa shape index (κ2) is 8.37. The number of benzene rings is 1. The number of anilines is 1. The van der Waals surface area contributed by atoms with E-state index in [1.165, 1.54) is 0 Å². The highest BCUT2D eigenvalue weighted by atomic mass is 16.2. The number of carbonyl (C=O) groups excluding carboxylic acids is 2. The van der Waals surface area contributed by atoms with E-state index in [2.05, 4.69) is 36.5 Å². The van der Waals surface area contributed by atoms with Crippen molar-refractivity contribution in [3.05, 3.63) is 65.6 Å². The predicted octanol–water partition coefficient (Wildman–Crippen LogP) is 1.55. The lowest BCUT2D eigenvalue weighted by Gasteiger charge is -2.30. The van der Waals surface area contributed by atoms with E-state index >= 15 is 0 Å². The summed E-state index contributed by atoms with van der Waals surface area (Å²) in [5, 5.41) is 21.0. The minimum absolute atomic E-state index is 0.0167. The zero-order valence-electron chi connectivity index (χ0n) is 17.5. The molecule has 1 saturated carbocycles. The lowest BCUT2D eigenvalue weighted by Crippen LogP contribution is -2.45. The van der Waals surface area contributed by atoms with Crippen LogP contribution < -0.4 is 16.0 Å². The highest BCUT2D eigenvalue weighted by Gasteiger charge is 2.39. The zero-order valence-corrected chi connectivity index (χ0v) is 17.5. The highest BCUT2D eigenvalue weighted by Crippen LogP contribution is 2.34. The number of amides is 2. The smallest absolute Gasteiger partial charge is 0.255 e. The maximum absolute atomic E-state index is 12.9. The van der Waals surface area contributed by atoms with Gasteiger partial charge in [-0.15, -0.1) is 5.10 Å². The van der Waals surface area contributed by atoms with Crippen molar-refractivity contribution in [1.29, 1.82) is 0 Å². The summed E-state index contributed by atoms with van der Waals surface area (Å²) in [6, 6.07) is 13.6. The van der Waals surface area contributed by atoms with E-state index in [9.17, 15) is 9.59 Å². The third-order valence-electron chi connectivity index (χ3n) is 5.95. The van der Waals surface area contributed by atoms with Gasteiger partial charge in [-0.3, -0.25) is 9.59 Å². The Bertz CT molecular complexity index is 1130. The van der Waals surface area contributed by atoms with Crippen molar-refractivity contribution >= 4 is 17.6 Å². The summed E-state index contributed by atoms with van der Waals surface area (Å²) in [4.78, 5) is 29.4. The van der Waals surface area contributed by atoms with E-state index in [0.717, 1.165) is 18.4 Å². The fourth-order valence-corrected chi connectivity index (χ4v) is 4.08. The lowest BCUT2D eigenvalue weighted by atomic mass is 9.88. The molecule has 10 nitrogen and oxygen atoms in total. The van der Waals surface area contributed by atoms with Crippen molar-refractivity contribution in [2.45, 2.75) is 43.8 Å². The number of rotatable bonds is 8. The third kappa shape index (κ3) is 4.03. The maximum atomic E-state index is 12.9. The molecule has 32 heavy (non-hydrogen) atoms. The van der Waals surface area contributed by atoms with Gasteiger partial charge in [-0.1, -0.05) is 30.3 Å². The van der Waals surface area contributed by atoms with Crippen LogP contribution in [0.4, 0.5) is 5.82 Å². The molecule has 2 fully saturated rings. The molecule has 3 N–H and O–H groups in total. The van der Waals surface area contributed by atoms with Gasteiger partial charge >= 0.3 is 0 Å². The molecule has 0 bridgehead atoms. The Labute approximate surface area is 184 Å². The van der Waals surface area contributed by atoms with Crippen molar-refractivity contribution in [3.8, 4) is 0 Å². The number of nitrogens with one attached hydrogen (secondary N) is 3. The average molecular weight is 432 g/mol. The van der Waals surface area contributed by atoms with E-state index in [1.807, 2.05) is 30.3 Å². The molecule has 1 atom stereocenters. The highest BCUT2D eigenvalue weighted by molar-refractivity contribution is 5.98. The van der Waals surface area contributed by atoms with E-state index in [0.29, 0.717) is 42.6 Å². The summed E-state index contributed by atoms with van der Waals surface area (Å²) in [6.07, 6.45) is 4.88. The standard InChI is InChI=1S/C22H24N8O2/c31-19-10-11-22(26-19,15-5-2-1-3-6-15)14-25-20-17(7-4-12-23-20)21(32)24-13-18-27-28-29-30(18)16-8-9-16/h1-7,12,16H,8-11,13-14H2,(H,23,25)(H,24,32)(H,26,31). The number of tetrazole rings is 1.